The van der Waals surface area contributed by atoms with Gasteiger partial charge in [-0.25, -0.2) is 4.68 Å². The number of methoxy groups -OCH3 is 1. The summed E-state index contributed by atoms with van der Waals surface area (Å²) in [4.78, 5) is 24.9. The molecule has 1 heterocycles. The molecule has 30 heavy (non-hydrogen) atoms. The van der Waals surface area contributed by atoms with E-state index in [1.165, 1.54) is 13.3 Å². The van der Waals surface area contributed by atoms with Crippen molar-refractivity contribution in [1.29, 1.82) is 0 Å². The van der Waals surface area contributed by atoms with Gasteiger partial charge >= 0.3 is 0 Å². The fourth-order valence-electron chi connectivity index (χ4n) is 2.81. The molecule has 156 valence electrons. The molecule has 0 aliphatic carbocycles. The number of hydrogen-bond donors (Lipinski definition) is 2. The van der Waals surface area contributed by atoms with Gasteiger partial charge in [0.05, 0.1) is 36.9 Å². The standard InChI is InChI=1S/C21H21BrN4O4/c1-4-30-18-10-5-14(11-19(18)29-3)20(27)24-25-21(28)17-12-23-26(13(17)2)16-8-6-15(22)7-9-16/h5-12H,4H2,1-3H3,(H,24,27)(H,25,28). The number of hydrazine groups is 1. The van der Waals surface area contributed by atoms with Crippen molar-refractivity contribution in [2.75, 3.05) is 13.7 Å². The number of rotatable bonds is 6. The molecule has 0 fully saturated rings. The van der Waals surface area contributed by atoms with Crippen molar-refractivity contribution in [2.24, 2.45) is 0 Å². The normalized spacial score (nSPS) is 10.4. The zero-order valence-corrected chi connectivity index (χ0v) is 18.3. The monoisotopic (exact) mass is 472 g/mol. The molecule has 0 aliphatic heterocycles. The highest BCUT2D eigenvalue weighted by Gasteiger charge is 2.17. The van der Waals surface area contributed by atoms with Crippen LogP contribution in [0.4, 0.5) is 0 Å². The fourth-order valence-corrected chi connectivity index (χ4v) is 3.08. The number of carbonyl (C=O) groups is 2. The van der Waals surface area contributed by atoms with Crippen molar-refractivity contribution >= 4 is 27.7 Å². The van der Waals surface area contributed by atoms with Gasteiger partial charge in [-0.3, -0.25) is 20.4 Å². The number of carbonyl (C=O) groups excluding carboxylic acids is 2. The number of amides is 2. The molecule has 9 heteroatoms. The Morgan fingerprint density at radius 2 is 1.77 bits per heavy atom. The van der Waals surface area contributed by atoms with Crippen LogP contribution in [0, 0.1) is 6.92 Å². The first-order chi connectivity index (χ1) is 14.4. The summed E-state index contributed by atoms with van der Waals surface area (Å²) in [6.07, 6.45) is 1.46. The quantitative estimate of drug-likeness (QED) is 0.535. The number of nitrogens with one attached hydrogen (secondary N) is 2. The van der Waals surface area contributed by atoms with Gasteiger partial charge in [0.1, 0.15) is 0 Å². The first kappa shape index (κ1) is 21.4. The van der Waals surface area contributed by atoms with E-state index in [2.05, 4.69) is 31.9 Å². The van der Waals surface area contributed by atoms with Crippen LogP contribution in [-0.4, -0.2) is 35.3 Å². The molecule has 0 saturated heterocycles. The molecular weight excluding hydrogens is 452 g/mol. The third-order valence-electron chi connectivity index (χ3n) is 4.34. The van der Waals surface area contributed by atoms with Crippen LogP contribution in [0.1, 0.15) is 33.3 Å². The molecule has 0 bridgehead atoms. The predicted octanol–water partition coefficient (Wildman–Crippen LogP) is 3.43. The minimum Gasteiger partial charge on any atom is -0.493 e. The van der Waals surface area contributed by atoms with Crippen molar-refractivity contribution in [3.63, 3.8) is 0 Å². The molecule has 0 radical (unpaired) electrons. The number of hydrogen-bond acceptors (Lipinski definition) is 5. The summed E-state index contributed by atoms with van der Waals surface area (Å²) in [5.74, 6) is 0.0174. The first-order valence-corrected chi connectivity index (χ1v) is 9.96. The van der Waals surface area contributed by atoms with E-state index in [1.54, 1.807) is 29.8 Å². The van der Waals surface area contributed by atoms with Gasteiger partial charge in [-0.15, -0.1) is 0 Å². The SMILES string of the molecule is CCOc1ccc(C(=O)NNC(=O)c2cnn(-c3ccc(Br)cc3)c2C)cc1OC. The molecule has 2 amide bonds. The maximum Gasteiger partial charge on any atom is 0.273 e. The number of ether oxygens (including phenoxy) is 2. The first-order valence-electron chi connectivity index (χ1n) is 9.16. The minimum atomic E-state index is -0.484. The number of aromatic nitrogens is 2. The van der Waals surface area contributed by atoms with Gasteiger partial charge < -0.3 is 9.47 Å². The van der Waals surface area contributed by atoms with E-state index >= 15 is 0 Å². The molecule has 8 nitrogen and oxygen atoms in total. The molecule has 0 aliphatic rings. The Balaban J connectivity index is 1.68. The molecule has 0 unspecified atom stereocenters. The number of nitrogens with zero attached hydrogens (tertiary/aromatic N) is 2. The smallest absolute Gasteiger partial charge is 0.273 e. The van der Waals surface area contributed by atoms with Crippen LogP contribution in [-0.2, 0) is 0 Å². The van der Waals surface area contributed by atoms with E-state index < -0.39 is 11.8 Å². The summed E-state index contributed by atoms with van der Waals surface area (Å²) in [7, 11) is 1.49. The van der Waals surface area contributed by atoms with Crippen LogP contribution in [0.25, 0.3) is 5.69 Å². The van der Waals surface area contributed by atoms with E-state index in [1.807, 2.05) is 31.2 Å². The second kappa shape index (κ2) is 9.45. The van der Waals surface area contributed by atoms with Crippen molar-refractivity contribution in [1.82, 2.24) is 20.6 Å². The lowest BCUT2D eigenvalue weighted by Crippen LogP contribution is -2.41. The topological polar surface area (TPSA) is 94.5 Å². The van der Waals surface area contributed by atoms with Crippen molar-refractivity contribution < 1.29 is 19.1 Å². The van der Waals surface area contributed by atoms with E-state index in [9.17, 15) is 9.59 Å². The van der Waals surface area contributed by atoms with Gasteiger partial charge in [0.2, 0.25) is 0 Å². The molecule has 2 aromatic carbocycles. The van der Waals surface area contributed by atoms with Gasteiger partial charge in [0, 0.05) is 10.0 Å². The summed E-state index contributed by atoms with van der Waals surface area (Å²) < 4.78 is 13.3. The van der Waals surface area contributed by atoms with E-state index in [0.29, 0.717) is 34.9 Å². The van der Waals surface area contributed by atoms with Crippen molar-refractivity contribution in [3.05, 3.63) is 70.0 Å². The summed E-state index contributed by atoms with van der Waals surface area (Å²) in [5.41, 5.74) is 6.96. The Morgan fingerprint density at radius 1 is 1.07 bits per heavy atom. The lowest BCUT2D eigenvalue weighted by Gasteiger charge is -2.11. The predicted molar refractivity (Wildman–Crippen MR) is 115 cm³/mol. The molecule has 0 saturated carbocycles. The Bertz CT molecular complexity index is 1060. The van der Waals surface area contributed by atoms with Gasteiger partial charge in [-0.1, -0.05) is 15.9 Å². The van der Waals surface area contributed by atoms with Gasteiger partial charge in [0.25, 0.3) is 11.8 Å². The largest absolute Gasteiger partial charge is 0.493 e. The fraction of sp³-hybridized carbons (Fsp3) is 0.190. The summed E-state index contributed by atoms with van der Waals surface area (Å²) in [6.45, 7) is 4.12. The molecule has 3 aromatic rings. The van der Waals surface area contributed by atoms with Crippen LogP contribution >= 0.6 is 15.9 Å². The molecule has 2 N–H and O–H groups in total. The maximum absolute atomic E-state index is 12.5. The lowest BCUT2D eigenvalue weighted by atomic mass is 10.2. The Kier molecular flexibility index (Phi) is 6.73. The van der Waals surface area contributed by atoms with Crippen LogP contribution in [0.3, 0.4) is 0 Å². The molecule has 3 rings (SSSR count). The second-order valence-electron chi connectivity index (χ2n) is 6.24. The second-order valence-corrected chi connectivity index (χ2v) is 7.15. The van der Waals surface area contributed by atoms with Crippen molar-refractivity contribution in [2.45, 2.75) is 13.8 Å². The average Bonchev–Trinajstić information content (AvgIpc) is 3.14. The molecular formula is C21H21BrN4O4. The average molecular weight is 473 g/mol. The maximum atomic E-state index is 12.5. The van der Waals surface area contributed by atoms with Crippen LogP contribution < -0.4 is 20.3 Å². The zero-order valence-electron chi connectivity index (χ0n) is 16.7. The number of benzene rings is 2. The molecule has 0 spiro atoms. The van der Waals surface area contributed by atoms with Crippen LogP contribution in [0.5, 0.6) is 11.5 Å². The highest BCUT2D eigenvalue weighted by Crippen LogP contribution is 2.28. The summed E-state index contributed by atoms with van der Waals surface area (Å²) in [5, 5.41) is 4.27. The Labute approximate surface area is 182 Å². The third-order valence-corrected chi connectivity index (χ3v) is 4.87. The highest BCUT2D eigenvalue weighted by atomic mass is 79.9. The number of halogens is 1. The zero-order chi connectivity index (χ0) is 21.7. The van der Waals surface area contributed by atoms with Crippen LogP contribution in [0.2, 0.25) is 0 Å². The Morgan fingerprint density at radius 3 is 2.43 bits per heavy atom. The summed E-state index contributed by atoms with van der Waals surface area (Å²) >= 11 is 3.39. The molecule has 0 atom stereocenters. The lowest BCUT2D eigenvalue weighted by molar-refractivity contribution is 0.0846. The van der Waals surface area contributed by atoms with Gasteiger partial charge in [-0.05, 0) is 56.3 Å². The van der Waals surface area contributed by atoms with Gasteiger partial charge in [-0.2, -0.15) is 5.10 Å². The molecule has 1 aromatic heterocycles. The third kappa shape index (κ3) is 4.62. The van der Waals surface area contributed by atoms with Crippen molar-refractivity contribution in [3.8, 4) is 17.2 Å². The van der Waals surface area contributed by atoms with Gasteiger partial charge in [0.15, 0.2) is 11.5 Å². The Hall–Kier alpha value is -3.33. The van der Waals surface area contributed by atoms with E-state index in [0.717, 1.165) is 10.2 Å². The van der Waals surface area contributed by atoms with E-state index in [-0.39, 0.29) is 0 Å². The summed E-state index contributed by atoms with van der Waals surface area (Å²) in [6, 6.07) is 12.3. The van der Waals surface area contributed by atoms with E-state index in [4.69, 9.17) is 9.47 Å². The highest BCUT2D eigenvalue weighted by molar-refractivity contribution is 9.10. The minimum absolute atomic E-state index is 0.317. The van der Waals surface area contributed by atoms with Crippen LogP contribution in [0.15, 0.2) is 53.1 Å².